The van der Waals surface area contributed by atoms with E-state index in [2.05, 4.69) is 0 Å². The number of halogens is 1. The van der Waals surface area contributed by atoms with Gasteiger partial charge in [0.25, 0.3) is 5.69 Å². The Morgan fingerprint density at radius 3 is 2.64 bits per heavy atom. The van der Waals surface area contributed by atoms with Crippen LogP contribution in [0.15, 0.2) is 40.8 Å². The molecule has 6 nitrogen and oxygen atoms in total. The predicted octanol–water partition coefficient (Wildman–Crippen LogP) is 4.09. The molecule has 0 fully saturated rings. The Kier molecular flexibility index (Phi) is 5.69. The Hall–Kier alpha value is -2.96. The molecule has 1 aromatic heterocycles. The van der Waals surface area contributed by atoms with Gasteiger partial charge in [-0.25, -0.2) is 4.39 Å². The Labute approximate surface area is 144 Å². The molecule has 0 N–H and O–H groups in total. The first-order valence-electron chi connectivity index (χ1n) is 7.76. The van der Waals surface area contributed by atoms with Crippen molar-refractivity contribution in [3.05, 3.63) is 69.4 Å². The van der Waals surface area contributed by atoms with E-state index in [0.717, 1.165) is 17.9 Å². The number of carbonyl (C=O) groups is 1. The van der Waals surface area contributed by atoms with Gasteiger partial charge in [-0.3, -0.25) is 14.9 Å². The largest absolute Gasteiger partial charge is 0.464 e. The van der Waals surface area contributed by atoms with Gasteiger partial charge in [-0.2, -0.15) is 0 Å². The van der Waals surface area contributed by atoms with Crippen LogP contribution in [0.4, 0.5) is 10.1 Å². The molecule has 0 aliphatic heterocycles. The van der Waals surface area contributed by atoms with Crippen molar-refractivity contribution < 1.29 is 18.5 Å². The highest BCUT2D eigenvalue weighted by Gasteiger charge is 2.18. The van der Waals surface area contributed by atoms with E-state index >= 15 is 0 Å². The molecule has 0 radical (unpaired) electrons. The van der Waals surface area contributed by atoms with E-state index in [-0.39, 0.29) is 23.2 Å². The third kappa shape index (κ3) is 4.76. The highest BCUT2D eigenvalue weighted by atomic mass is 19.1. The topological polar surface area (TPSA) is 76.6 Å². The van der Waals surface area contributed by atoms with E-state index in [0.29, 0.717) is 12.3 Å². The number of nitro benzene ring substituents is 1. The minimum Gasteiger partial charge on any atom is -0.464 e. The maximum Gasteiger partial charge on any atom is 0.279 e. The Balaban J connectivity index is 2.20. The van der Waals surface area contributed by atoms with Crippen molar-refractivity contribution in [2.24, 2.45) is 0 Å². The van der Waals surface area contributed by atoms with Crippen molar-refractivity contribution >= 4 is 17.7 Å². The lowest BCUT2D eigenvalue weighted by molar-refractivity contribution is -0.385. The second-order valence-electron chi connectivity index (χ2n) is 5.87. The van der Waals surface area contributed by atoms with Crippen molar-refractivity contribution in [1.82, 2.24) is 4.90 Å². The maximum atomic E-state index is 13.2. The second-order valence-corrected chi connectivity index (χ2v) is 5.87. The van der Waals surface area contributed by atoms with E-state index < -0.39 is 10.7 Å². The molecule has 1 amide bonds. The number of amides is 1. The highest BCUT2D eigenvalue weighted by molar-refractivity contribution is 5.92. The number of nitrogens with zero attached hydrogens (tertiary/aromatic N) is 2. The fourth-order valence-corrected chi connectivity index (χ4v) is 2.33. The third-order valence-corrected chi connectivity index (χ3v) is 3.62. The normalized spacial score (nSPS) is 11.2. The summed E-state index contributed by atoms with van der Waals surface area (Å²) < 4.78 is 18.7. The summed E-state index contributed by atoms with van der Waals surface area (Å²) in [6, 6.07) is 6.74. The molecule has 2 aromatic rings. The van der Waals surface area contributed by atoms with Gasteiger partial charge in [-0.05, 0) is 51.1 Å². The van der Waals surface area contributed by atoms with Crippen LogP contribution >= 0.6 is 0 Å². The fourth-order valence-electron chi connectivity index (χ4n) is 2.33. The van der Waals surface area contributed by atoms with Crippen molar-refractivity contribution in [3.63, 3.8) is 0 Å². The maximum absolute atomic E-state index is 13.2. The SMILES string of the molecule is Cc1ccc(CN(C(=O)C=Cc2ccc(F)cc2[N+](=O)[O-])C(C)C)o1. The summed E-state index contributed by atoms with van der Waals surface area (Å²) in [5.74, 6) is 0.388. The first-order chi connectivity index (χ1) is 11.8. The van der Waals surface area contributed by atoms with Gasteiger partial charge in [0.05, 0.1) is 23.1 Å². The van der Waals surface area contributed by atoms with Crippen LogP contribution in [0.1, 0.15) is 30.9 Å². The monoisotopic (exact) mass is 346 g/mol. The van der Waals surface area contributed by atoms with Crippen LogP contribution in [-0.2, 0) is 11.3 Å². The van der Waals surface area contributed by atoms with Crippen LogP contribution in [0.5, 0.6) is 0 Å². The first kappa shape index (κ1) is 18.4. The summed E-state index contributed by atoms with van der Waals surface area (Å²) in [6.07, 6.45) is 2.57. The van der Waals surface area contributed by atoms with Gasteiger partial charge in [-0.1, -0.05) is 0 Å². The molecule has 1 aromatic carbocycles. The molecule has 0 saturated carbocycles. The highest BCUT2D eigenvalue weighted by Crippen LogP contribution is 2.21. The van der Waals surface area contributed by atoms with Crippen molar-refractivity contribution in [1.29, 1.82) is 0 Å². The van der Waals surface area contributed by atoms with Crippen LogP contribution < -0.4 is 0 Å². The molecule has 0 spiro atoms. The van der Waals surface area contributed by atoms with Crippen LogP contribution in [0.25, 0.3) is 6.08 Å². The Morgan fingerprint density at radius 1 is 1.36 bits per heavy atom. The molecule has 25 heavy (non-hydrogen) atoms. The lowest BCUT2D eigenvalue weighted by atomic mass is 10.1. The second kappa shape index (κ2) is 7.74. The summed E-state index contributed by atoms with van der Waals surface area (Å²) in [7, 11) is 0. The number of hydrogen-bond acceptors (Lipinski definition) is 4. The van der Waals surface area contributed by atoms with Gasteiger partial charge in [0.1, 0.15) is 17.3 Å². The number of carbonyl (C=O) groups excluding carboxylic acids is 1. The van der Waals surface area contributed by atoms with E-state index in [4.69, 9.17) is 4.42 Å². The molecule has 132 valence electrons. The van der Waals surface area contributed by atoms with Crippen molar-refractivity contribution in [2.75, 3.05) is 0 Å². The number of hydrogen-bond donors (Lipinski definition) is 0. The molecule has 0 atom stereocenters. The van der Waals surface area contributed by atoms with Crippen LogP contribution in [0, 0.1) is 22.9 Å². The number of benzene rings is 1. The molecule has 0 bridgehead atoms. The van der Waals surface area contributed by atoms with Gasteiger partial charge in [0, 0.05) is 12.1 Å². The van der Waals surface area contributed by atoms with Gasteiger partial charge in [-0.15, -0.1) is 0 Å². The quantitative estimate of drug-likeness (QED) is 0.448. The zero-order valence-electron chi connectivity index (χ0n) is 14.2. The summed E-state index contributed by atoms with van der Waals surface area (Å²) in [4.78, 5) is 24.4. The van der Waals surface area contributed by atoms with Gasteiger partial charge >= 0.3 is 0 Å². The van der Waals surface area contributed by atoms with Gasteiger partial charge in [0.2, 0.25) is 5.91 Å². The van der Waals surface area contributed by atoms with E-state index in [9.17, 15) is 19.3 Å². The van der Waals surface area contributed by atoms with Crippen molar-refractivity contribution in [2.45, 2.75) is 33.4 Å². The molecule has 1 heterocycles. The number of furan rings is 1. The summed E-state index contributed by atoms with van der Waals surface area (Å²) in [6.45, 7) is 5.84. The summed E-state index contributed by atoms with van der Waals surface area (Å²) in [5.41, 5.74) is -0.223. The number of rotatable bonds is 6. The predicted molar refractivity (Wildman–Crippen MR) is 91.2 cm³/mol. The zero-order chi connectivity index (χ0) is 18.6. The standard InChI is InChI=1S/C18H19FN2O4/c1-12(2)20(11-16-8-4-13(3)25-16)18(22)9-6-14-5-7-15(19)10-17(14)21(23)24/h4-10,12H,11H2,1-3H3. The summed E-state index contributed by atoms with van der Waals surface area (Å²) >= 11 is 0. The number of aryl methyl sites for hydroxylation is 1. The molecular weight excluding hydrogens is 327 g/mol. The molecular formula is C18H19FN2O4. The lowest BCUT2D eigenvalue weighted by Crippen LogP contribution is -2.35. The average molecular weight is 346 g/mol. The average Bonchev–Trinajstić information content (AvgIpc) is 2.95. The van der Waals surface area contributed by atoms with Gasteiger partial charge < -0.3 is 9.32 Å². The Bertz CT molecular complexity index is 811. The van der Waals surface area contributed by atoms with Crippen LogP contribution in [0.2, 0.25) is 0 Å². The molecule has 0 aliphatic carbocycles. The van der Waals surface area contributed by atoms with Crippen LogP contribution in [-0.4, -0.2) is 21.8 Å². The minimum atomic E-state index is -0.702. The minimum absolute atomic E-state index is 0.0919. The first-order valence-corrected chi connectivity index (χ1v) is 7.76. The number of nitro groups is 1. The van der Waals surface area contributed by atoms with E-state index in [1.54, 1.807) is 11.0 Å². The smallest absolute Gasteiger partial charge is 0.279 e. The van der Waals surface area contributed by atoms with Crippen molar-refractivity contribution in [3.8, 4) is 0 Å². The summed E-state index contributed by atoms with van der Waals surface area (Å²) in [5, 5.41) is 11.0. The van der Waals surface area contributed by atoms with Crippen LogP contribution in [0.3, 0.4) is 0 Å². The molecule has 0 unspecified atom stereocenters. The lowest BCUT2D eigenvalue weighted by Gasteiger charge is -2.24. The Morgan fingerprint density at radius 2 is 2.08 bits per heavy atom. The van der Waals surface area contributed by atoms with E-state index in [1.165, 1.54) is 18.2 Å². The zero-order valence-corrected chi connectivity index (χ0v) is 14.2. The molecule has 0 saturated heterocycles. The fraction of sp³-hybridized carbons (Fsp3) is 0.278. The van der Waals surface area contributed by atoms with Gasteiger partial charge in [0.15, 0.2) is 0 Å². The molecule has 0 aliphatic rings. The molecule has 7 heteroatoms. The third-order valence-electron chi connectivity index (χ3n) is 3.62. The van der Waals surface area contributed by atoms with E-state index in [1.807, 2.05) is 26.8 Å². The molecule has 2 rings (SSSR count).